The molecule has 1 amide bonds. The highest BCUT2D eigenvalue weighted by Crippen LogP contribution is 2.25. The maximum atomic E-state index is 13.0. The Balaban J connectivity index is 1.57. The zero-order valence-corrected chi connectivity index (χ0v) is 19.0. The largest absolute Gasteiger partial charge is 0.497 e. The highest BCUT2D eigenvalue weighted by Gasteiger charge is 2.33. The molecule has 2 aromatic rings. The first-order valence-corrected chi connectivity index (χ1v) is 11.9. The quantitative estimate of drug-likeness (QED) is 0.674. The van der Waals surface area contributed by atoms with Crippen molar-refractivity contribution >= 4 is 15.9 Å². The molecule has 1 aliphatic heterocycles. The Bertz CT molecular complexity index is 991. The Morgan fingerprint density at radius 2 is 1.90 bits per heavy atom. The van der Waals surface area contributed by atoms with Crippen LogP contribution in [0.2, 0.25) is 0 Å². The second kappa shape index (κ2) is 10.2. The summed E-state index contributed by atoms with van der Waals surface area (Å²) in [5.41, 5.74) is 1.03. The van der Waals surface area contributed by atoms with Gasteiger partial charge in [-0.3, -0.25) is 4.79 Å². The van der Waals surface area contributed by atoms with E-state index in [0.717, 1.165) is 11.3 Å². The first-order valence-electron chi connectivity index (χ1n) is 10.4. The molecular weight excluding hydrogens is 416 g/mol. The molecule has 3 rings (SSSR count). The fourth-order valence-corrected chi connectivity index (χ4v) is 5.13. The number of amides is 1. The number of nitrogens with one attached hydrogen (secondary N) is 1. The van der Waals surface area contributed by atoms with E-state index in [-0.39, 0.29) is 29.3 Å². The van der Waals surface area contributed by atoms with Crippen molar-refractivity contribution < 1.29 is 22.7 Å². The van der Waals surface area contributed by atoms with Gasteiger partial charge in [-0.15, -0.1) is 0 Å². The average Bonchev–Trinajstić information content (AvgIpc) is 2.78. The van der Waals surface area contributed by atoms with E-state index < -0.39 is 10.0 Å². The van der Waals surface area contributed by atoms with E-state index in [4.69, 9.17) is 9.47 Å². The van der Waals surface area contributed by atoms with Gasteiger partial charge in [0.05, 0.1) is 24.0 Å². The highest BCUT2D eigenvalue weighted by molar-refractivity contribution is 7.89. The van der Waals surface area contributed by atoms with Crippen LogP contribution in [0.3, 0.4) is 0 Å². The Morgan fingerprint density at radius 1 is 1.19 bits per heavy atom. The number of sulfonamides is 1. The summed E-state index contributed by atoms with van der Waals surface area (Å²) >= 11 is 0. The lowest BCUT2D eigenvalue weighted by Crippen LogP contribution is -2.48. The monoisotopic (exact) mass is 446 g/mol. The molecule has 0 spiro atoms. The summed E-state index contributed by atoms with van der Waals surface area (Å²) in [6.45, 7) is 4.77. The van der Waals surface area contributed by atoms with Gasteiger partial charge < -0.3 is 14.8 Å². The molecule has 0 saturated carbocycles. The number of carbonyl (C=O) groups is 1. The number of methoxy groups -OCH3 is 1. The number of ether oxygens (including phenoxy) is 2. The summed E-state index contributed by atoms with van der Waals surface area (Å²) in [5, 5.41) is 2.96. The van der Waals surface area contributed by atoms with Crippen molar-refractivity contribution in [1.29, 1.82) is 0 Å². The number of carbonyl (C=O) groups excluding carboxylic acids is 1. The van der Waals surface area contributed by atoms with Gasteiger partial charge in [0.1, 0.15) is 18.1 Å². The van der Waals surface area contributed by atoms with Gasteiger partial charge in [0, 0.05) is 13.1 Å². The summed E-state index contributed by atoms with van der Waals surface area (Å²) in [5.74, 6) is 0.855. The molecule has 0 radical (unpaired) electrons. The fourth-order valence-electron chi connectivity index (χ4n) is 3.61. The molecule has 0 aliphatic carbocycles. The van der Waals surface area contributed by atoms with Crippen LogP contribution < -0.4 is 14.8 Å². The Labute approximate surface area is 184 Å². The molecule has 1 saturated heterocycles. The molecule has 0 unspecified atom stereocenters. The van der Waals surface area contributed by atoms with Crippen LogP contribution in [-0.2, 0) is 14.8 Å². The minimum absolute atomic E-state index is 0.143. The van der Waals surface area contributed by atoms with E-state index in [2.05, 4.69) is 5.32 Å². The van der Waals surface area contributed by atoms with E-state index in [0.29, 0.717) is 31.7 Å². The number of nitrogens with zero attached hydrogens (tertiary/aromatic N) is 1. The van der Waals surface area contributed by atoms with Gasteiger partial charge in [0.25, 0.3) is 0 Å². The zero-order chi connectivity index (χ0) is 22.4. The van der Waals surface area contributed by atoms with Crippen molar-refractivity contribution in [3.05, 3.63) is 54.1 Å². The Morgan fingerprint density at radius 3 is 2.58 bits per heavy atom. The van der Waals surface area contributed by atoms with Gasteiger partial charge >= 0.3 is 0 Å². The summed E-state index contributed by atoms with van der Waals surface area (Å²) in [7, 11) is -2.13. The molecule has 1 N–H and O–H groups in total. The van der Waals surface area contributed by atoms with Crippen LogP contribution in [0.4, 0.5) is 0 Å². The summed E-state index contributed by atoms with van der Waals surface area (Å²) in [6.07, 6.45) is 1.30. The third-order valence-electron chi connectivity index (χ3n) is 5.42. The van der Waals surface area contributed by atoms with Crippen molar-refractivity contribution in [3.63, 3.8) is 0 Å². The SMILES string of the molecule is COc1ccc(S(=O)(=O)N2CCC[C@@H](C(=O)N[C@@H](C)COc3ccccc3C)C2)cc1. The van der Waals surface area contributed by atoms with E-state index in [9.17, 15) is 13.2 Å². The molecule has 1 heterocycles. The van der Waals surface area contributed by atoms with Crippen LogP contribution in [-0.4, -0.2) is 51.5 Å². The normalized spacial score (nSPS) is 18.2. The molecule has 1 aliphatic rings. The van der Waals surface area contributed by atoms with Gasteiger partial charge in [-0.05, 0) is 62.6 Å². The Kier molecular flexibility index (Phi) is 7.56. The van der Waals surface area contributed by atoms with Crippen LogP contribution in [0.15, 0.2) is 53.4 Å². The smallest absolute Gasteiger partial charge is 0.243 e. The van der Waals surface area contributed by atoms with E-state index in [1.807, 2.05) is 38.1 Å². The first-order chi connectivity index (χ1) is 14.8. The molecular formula is C23H30N2O5S. The van der Waals surface area contributed by atoms with E-state index in [1.165, 1.54) is 23.5 Å². The van der Waals surface area contributed by atoms with Gasteiger partial charge in [0.15, 0.2) is 0 Å². The number of rotatable bonds is 8. The molecule has 1 fully saturated rings. The molecule has 0 bridgehead atoms. The highest BCUT2D eigenvalue weighted by atomic mass is 32.2. The average molecular weight is 447 g/mol. The lowest BCUT2D eigenvalue weighted by Gasteiger charge is -2.32. The zero-order valence-electron chi connectivity index (χ0n) is 18.2. The molecule has 8 heteroatoms. The maximum Gasteiger partial charge on any atom is 0.243 e. The second-order valence-electron chi connectivity index (χ2n) is 7.86. The number of benzene rings is 2. The van der Waals surface area contributed by atoms with Crippen LogP contribution in [0, 0.1) is 12.8 Å². The van der Waals surface area contributed by atoms with Crippen LogP contribution in [0.1, 0.15) is 25.3 Å². The van der Waals surface area contributed by atoms with Gasteiger partial charge in [-0.2, -0.15) is 4.31 Å². The van der Waals surface area contributed by atoms with Crippen LogP contribution in [0.5, 0.6) is 11.5 Å². The third-order valence-corrected chi connectivity index (χ3v) is 7.30. The molecule has 31 heavy (non-hydrogen) atoms. The van der Waals surface area contributed by atoms with E-state index in [1.54, 1.807) is 12.1 Å². The standard InChI is InChI=1S/C23H30N2O5S/c1-17-7-4-5-9-22(17)30-16-18(2)24-23(26)19-8-6-14-25(15-19)31(27,28)21-12-10-20(29-3)11-13-21/h4-5,7,9-13,18-19H,6,8,14-16H2,1-3H3,(H,24,26)/t18-,19+/m0/s1. The molecule has 168 valence electrons. The molecule has 0 aromatic heterocycles. The van der Waals surface area contributed by atoms with Gasteiger partial charge in [0.2, 0.25) is 15.9 Å². The Hall–Kier alpha value is -2.58. The summed E-state index contributed by atoms with van der Waals surface area (Å²) in [6, 6.07) is 13.8. The number of piperidine rings is 1. The molecule has 2 aromatic carbocycles. The molecule has 2 atom stereocenters. The number of hydrogen-bond donors (Lipinski definition) is 1. The van der Waals surface area contributed by atoms with Crippen molar-refractivity contribution in [3.8, 4) is 11.5 Å². The summed E-state index contributed by atoms with van der Waals surface area (Å²) in [4.78, 5) is 13.0. The first kappa shape index (κ1) is 23.1. The lowest BCUT2D eigenvalue weighted by molar-refractivity contribution is -0.126. The van der Waals surface area contributed by atoms with Crippen molar-refractivity contribution in [2.45, 2.75) is 37.6 Å². The number of aryl methyl sites for hydroxylation is 1. The van der Waals surface area contributed by atoms with Gasteiger partial charge in [-0.25, -0.2) is 8.42 Å². The fraction of sp³-hybridized carbons (Fsp3) is 0.435. The molecule has 7 nitrogen and oxygen atoms in total. The van der Waals surface area contributed by atoms with Crippen molar-refractivity contribution in [1.82, 2.24) is 9.62 Å². The maximum absolute atomic E-state index is 13.0. The topological polar surface area (TPSA) is 84.9 Å². The third kappa shape index (κ3) is 5.77. The second-order valence-corrected chi connectivity index (χ2v) is 9.80. The van der Waals surface area contributed by atoms with Crippen LogP contribution >= 0.6 is 0 Å². The predicted molar refractivity (Wildman–Crippen MR) is 119 cm³/mol. The number of hydrogen-bond acceptors (Lipinski definition) is 5. The summed E-state index contributed by atoms with van der Waals surface area (Å²) < 4.78 is 38.3. The lowest BCUT2D eigenvalue weighted by atomic mass is 9.98. The van der Waals surface area contributed by atoms with Gasteiger partial charge in [-0.1, -0.05) is 18.2 Å². The van der Waals surface area contributed by atoms with Crippen molar-refractivity contribution in [2.75, 3.05) is 26.8 Å². The minimum Gasteiger partial charge on any atom is -0.497 e. The van der Waals surface area contributed by atoms with Crippen LogP contribution in [0.25, 0.3) is 0 Å². The number of para-hydroxylation sites is 1. The van der Waals surface area contributed by atoms with Crippen molar-refractivity contribution in [2.24, 2.45) is 5.92 Å². The van der Waals surface area contributed by atoms with E-state index >= 15 is 0 Å². The predicted octanol–water partition coefficient (Wildman–Crippen LogP) is 2.99. The minimum atomic E-state index is -3.66.